The maximum absolute atomic E-state index is 6.22. The van der Waals surface area contributed by atoms with Gasteiger partial charge < -0.3 is 28.4 Å². The Labute approximate surface area is 168 Å². The lowest BCUT2D eigenvalue weighted by Crippen LogP contribution is -2.40. The first-order chi connectivity index (χ1) is 12.5. The molecular formula is C20H27BrO6. The van der Waals surface area contributed by atoms with Gasteiger partial charge in [0.05, 0.1) is 6.61 Å². The average Bonchev–Trinajstić information content (AvgIpc) is 3.16. The summed E-state index contributed by atoms with van der Waals surface area (Å²) >= 11 is 3.59. The molecule has 3 saturated heterocycles. The molecule has 1 unspecified atom stereocenters. The van der Waals surface area contributed by atoms with Crippen molar-refractivity contribution in [1.29, 1.82) is 0 Å². The van der Waals surface area contributed by atoms with Gasteiger partial charge in [-0.15, -0.1) is 0 Å². The van der Waals surface area contributed by atoms with Crippen molar-refractivity contribution in [3.8, 4) is 5.75 Å². The molecule has 0 radical (unpaired) electrons. The minimum atomic E-state index is -0.695. The molecule has 0 bridgehead atoms. The molecule has 5 atom stereocenters. The zero-order chi connectivity index (χ0) is 19.6. The number of halogens is 1. The van der Waals surface area contributed by atoms with E-state index in [9.17, 15) is 0 Å². The highest BCUT2D eigenvalue weighted by molar-refractivity contribution is 9.10. The summed E-state index contributed by atoms with van der Waals surface area (Å²) in [6.07, 6.45) is -1.73. The van der Waals surface area contributed by atoms with E-state index in [0.717, 1.165) is 21.3 Å². The van der Waals surface area contributed by atoms with Crippen LogP contribution in [0.5, 0.6) is 5.75 Å². The molecule has 1 aromatic rings. The molecule has 150 valence electrons. The highest BCUT2D eigenvalue weighted by Gasteiger charge is 2.60. The van der Waals surface area contributed by atoms with Crippen molar-refractivity contribution in [3.63, 3.8) is 0 Å². The SMILES string of the molecule is Cc1cc(OC2O[C@H]([C@H]3COC(C)(C)O3)[C@@H]3OC(C)(C)O[C@H]23)cc(C)c1Br. The Hall–Kier alpha value is -0.700. The minimum Gasteiger partial charge on any atom is -0.462 e. The Morgan fingerprint density at radius 1 is 0.926 bits per heavy atom. The number of hydrogen-bond donors (Lipinski definition) is 0. The Kier molecular flexibility index (Phi) is 4.85. The number of hydrogen-bond acceptors (Lipinski definition) is 6. The van der Waals surface area contributed by atoms with Gasteiger partial charge in [0.1, 0.15) is 24.1 Å². The van der Waals surface area contributed by atoms with Gasteiger partial charge in [-0.3, -0.25) is 0 Å². The Morgan fingerprint density at radius 3 is 2.15 bits per heavy atom. The van der Waals surface area contributed by atoms with Crippen molar-refractivity contribution in [2.24, 2.45) is 0 Å². The topological polar surface area (TPSA) is 55.4 Å². The van der Waals surface area contributed by atoms with E-state index in [0.29, 0.717) is 6.61 Å². The summed E-state index contributed by atoms with van der Waals surface area (Å²) in [5.74, 6) is -0.577. The maximum atomic E-state index is 6.22. The van der Waals surface area contributed by atoms with Gasteiger partial charge in [0, 0.05) is 4.47 Å². The van der Waals surface area contributed by atoms with Gasteiger partial charge >= 0.3 is 0 Å². The van der Waals surface area contributed by atoms with E-state index in [1.807, 2.05) is 53.7 Å². The molecule has 0 amide bonds. The summed E-state index contributed by atoms with van der Waals surface area (Å²) in [6.45, 7) is 12.1. The van der Waals surface area contributed by atoms with Crippen LogP contribution in [0.1, 0.15) is 38.8 Å². The maximum Gasteiger partial charge on any atom is 0.229 e. The second-order valence-corrected chi connectivity index (χ2v) is 9.18. The molecule has 4 rings (SSSR count). The molecule has 0 spiro atoms. The highest BCUT2D eigenvalue weighted by atomic mass is 79.9. The normalized spacial score (nSPS) is 36.8. The van der Waals surface area contributed by atoms with Crippen LogP contribution in [0.15, 0.2) is 16.6 Å². The summed E-state index contributed by atoms with van der Waals surface area (Å²) in [4.78, 5) is 0. The zero-order valence-electron chi connectivity index (χ0n) is 16.6. The summed E-state index contributed by atoms with van der Waals surface area (Å²) in [5, 5.41) is 0. The second kappa shape index (κ2) is 6.68. The van der Waals surface area contributed by atoms with Crippen LogP contribution in [0.2, 0.25) is 0 Å². The lowest BCUT2D eigenvalue weighted by Gasteiger charge is -2.27. The monoisotopic (exact) mass is 442 g/mol. The van der Waals surface area contributed by atoms with Crippen molar-refractivity contribution in [3.05, 3.63) is 27.7 Å². The molecule has 7 heteroatoms. The van der Waals surface area contributed by atoms with E-state index in [-0.39, 0.29) is 24.4 Å². The van der Waals surface area contributed by atoms with E-state index in [1.165, 1.54) is 0 Å². The van der Waals surface area contributed by atoms with Crippen LogP contribution in [-0.2, 0) is 23.7 Å². The minimum absolute atomic E-state index is 0.230. The molecule has 6 nitrogen and oxygen atoms in total. The van der Waals surface area contributed by atoms with E-state index in [4.69, 9.17) is 28.4 Å². The van der Waals surface area contributed by atoms with E-state index < -0.39 is 17.9 Å². The molecule has 1 aromatic carbocycles. The fraction of sp³-hybridized carbons (Fsp3) is 0.700. The molecule has 27 heavy (non-hydrogen) atoms. The van der Waals surface area contributed by atoms with Gasteiger partial charge in [-0.25, -0.2) is 0 Å². The van der Waals surface area contributed by atoms with Crippen molar-refractivity contribution in [1.82, 2.24) is 0 Å². The van der Waals surface area contributed by atoms with Gasteiger partial charge in [-0.05, 0) is 64.8 Å². The molecule has 3 heterocycles. The van der Waals surface area contributed by atoms with Crippen LogP contribution >= 0.6 is 15.9 Å². The largest absolute Gasteiger partial charge is 0.462 e. The van der Waals surface area contributed by atoms with E-state index in [2.05, 4.69) is 15.9 Å². The van der Waals surface area contributed by atoms with Crippen molar-refractivity contribution >= 4 is 15.9 Å². The van der Waals surface area contributed by atoms with Gasteiger partial charge in [-0.1, -0.05) is 15.9 Å². The summed E-state index contributed by atoms with van der Waals surface area (Å²) in [5.41, 5.74) is 2.21. The molecule has 0 aliphatic carbocycles. The lowest BCUT2D eigenvalue weighted by atomic mass is 10.1. The third kappa shape index (κ3) is 3.78. The Morgan fingerprint density at radius 2 is 1.56 bits per heavy atom. The zero-order valence-corrected chi connectivity index (χ0v) is 18.2. The Bertz CT molecular complexity index is 710. The van der Waals surface area contributed by atoms with E-state index >= 15 is 0 Å². The van der Waals surface area contributed by atoms with E-state index in [1.54, 1.807) is 0 Å². The first kappa shape index (κ1) is 19.6. The number of fused-ring (bicyclic) bond motifs is 1. The summed E-state index contributed by atoms with van der Waals surface area (Å²) in [6, 6.07) is 3.98. The molecule has 3 fully saturated rings. The first-order valence-corrected chi connectivity index (χ1v) is 10.1. The van der Waals surface area contributed by atoms with Gasteiger partial charge in [0.25, 0.3) is 0 Å². The quantitative estimate of drug-likeness (QED) is 0.708. The van der Waals surface area contributed by atoms with Gasteiger partial charge in [0.2, 0.25) is 6.29 Å². The molecule has 0 saturated carbocycles. The smallest absolute Gasteiger partial charge is 0.229 e. The fourth-order valence-corrected chi connectivity index (χ4v) is 4.20. The second-order valence-electron chi connectivity index (χ2n) is 8.39. The van der Waals surface area contributed by atoms with Crippen molar-refractivity contribution in [2.45, 2.75) is 83.8 Å². The van der Waals surface area contributed by atoms with Crippen LogP contribution in [0, 0.1) is 13.8 Å². The van der Waals surface area contributed by atoms with Crippen molar-refractivity contribution in [2.75, 3.05) is 6.61 Å². The van der Waals surface area contributed by atoms with Crippen LogP contribution in [-0.4, -0.2) is 48.9 Å². The third-order valence-electron chi connectivity index (χ3n) is 5.11. The lowest BCUT2D eigenvalue weighted by molar-refractivity contribution is -0.230. The molecule has 3 aliphatic rings. The number of benzene rings is 1. The fourth-order valence-electron chi connectivity index (χ4n) is 3.97. The van der Waals surface area contributed by atoms with Gasteiger partial charge in [0.15, 0.2) is 17.7 Å². The molecule has 3 aliphatic heterocycles. The summed E-state index contributed by atoms with van der Waals surface area (Å²) < 4.78 is 37.5. The summed E-state index contributed by atoms with van der Waals surface area (Å²) in [7, 11) is 0. The van der Waals surface area contributed by atoms with Crippen molar-refractivity contribution < 1.29 is 28.4 Å². The average molecular weight is 443 g/mol. The Balaban J connectivity index is 1.56. The molecular weight excluding hydrogens is 416 g/mol. The van der Waals surface area contributed by atoms with Crippen LogP contribution in [0.25, 0.3) is 0 Å². The van der Waals surface area contributed by atoms with Crippen LogP contribution in [0.4, 0.5) is 0 Å². The number of ether oxygens (including phenoxy) is 6. The number of rotatable bonds is 3. The predicted octanol–water partition coefficient (Wildman–Crippen LogP) is 3.84. The molecule has 0 N–H and O–H groups in total. The highest BCUT2D eigenvalue weighted by Crippen LogP contribution is 2.43. The van der Waals surface area contributed by atoms with Gasteiger partial charge in [-0.2, -0.15) is 0 Å². The number of aryl methyl sites for hydroxylation is 2. The first-order valence-electron chi connectivity index (χ1n) is 9.31. The standard InChI is InChI=1S/C20H27BrO6/c1-10-7-12(8-11(2)14(10)21)23-18-17-16(26-20(5,6)27-17)15(24-18)13-9-22-19(3,4)25-13/h7-8,13,15-18H,9H2,1-6H3/t13-,15-,16+,17+,18?/m1/s1. The molecule has 0 aromatic heterocycles. The predicted molar refractivity (Wildman–Crippen MR) is 102 cm³/mol. The van der Waals surface area contributed by atoms with Crippen LogP contribution < -0.4 is 4.74 Å². The van der Waals surface area contributed by atoms with Crippen LogP contribution in [0.3, 0.4) is 0 Å². The third-order valence-corrected chi connectivity index (χ3v) is 6.36.